The third kappa shape index (κ3) is 110. The van der Waals surface area contributed by atoms with Crippen molar-refractivity contribution in [2.45, 2.75) is 823 Å². The lowest BCUT2D eigenvalue weighted by molar-refractivity contribution is 0.0899. The third-order valence-electron chi connectivity index (χ3n) is 32.4. The fraction of sp³-hybridized carbons (Fsp3) is 1.00. The summed E-state index contributed by atoms with van der Waals surface area (Å²) in [6.07, 6.45) is 136. The van der Waals surface area contributed by atoms with E-state index in [1.54, 1.807) is 89.9 Å². The molecular formula is C138H300. The molecule has 0 aromatic carbocycles. The Morgan fingerprint density at radius 3 is 0.449 bits per heavy atom. The molecule has 0 bridgehead atoms. The maximum absolute atomic E-state index is 2.56. The molecule has 8 atom stereocenters. The molecule has 0 radical (unpaired) electrons. The Morgan fingerprint density at radius 1 is 0.145 bits per heavy atom. The summed E-state index contributed by atoms with van der Waals surface area (Å²) in [7, 11) is 0. The minimum atomic E-state index is 0. The molecule has 0 heteroatoms. The van der Waals surface area contributed by atoms with Crippen LogP contribution in [0.4, 0.5) is 0 Å². The molecule has 138 heavy (non-hydrogen) atoms. The van der Waals surface area contributed by atoms with Gasteiger partial charge in [-0.1, -0.05) is 746 Å². The summed E-state index contributed by atoms with van der Waals surface area (Å²) < 4.78 is 0. The van der Waals surface area contributed by atoms with Crippen LogP contribution in [0.1, 0.15) is 823 Å². The molecule has 0 saturated heterocycles. The van der Waals surface area contributed by atoms with E-state index in [2.05, 4.69) is 111 Å². The van der Waals surface area contributed by atoms with Gasteiger partial charge in [0.2, 0.25) is 0 Å². The molecule has 852 valence electrons. The van der Waals surface area contributed by atoms with Crippen LogP contribution < -0.4 is 0 Å². The van der Waals surface area contributed by atoms with Gasteiger partial charge in [0.25, 0.3) is 0 Å². The molecule has 0 aromatic heterocycles. The highest BCUT2D eigenvalue weighted by Crippen LogP contribution is 2.52. The van der Waals surface area contributed by atoms with Crippen LogP contribution in [-0.4, -0.2) is 0 Å². The molecule has 0 heterocycles. The van der Waals surface area contributed by atoms with E-state index in [0.717, 1.165) is 59.2 Å². The first-order valence-electron chi connectivity index (χ1n) is 64.5. The number of hydrogen-bond acceptors (Lipinski definition) is 0. The second kappa shape index (κ2) is 131. The largest absolute Gasteiger partial charge is 0.0776 e. The Hall–Kier alpha value is 0. The molecule has 3 aliphatic rings. The molecule has 0 aliphatic heterocycles. The Balaban J connectivity index is -0.000000161. The van der Waals surface area contributed by atoms with Crippen molar-refractivity contribution in [3.8, 4) is 0 Å². The average molecular weight is 1960 g/mol. The van der Waals surface area contributed by atoms with Gasteiger partial charge in [-0.3, -0.25) is 0 Å². The van der Waals surface area contributed by atoms with Gasteiger partial charge in [0.05, 0.1) is 0 Å². The van der Waals surface area contributed by atoms with Crippen LogP contribution in [0.2, 0.25) is 0 Å². The van der Waals surface area contributed by atoms with Crippen LogP contribution in [0.15, 0.2) is 0 Å². The second-order valence-corrected chi connectivity index (χ2v) is 45.9. The lowest BCUT2D eigenvalue weighted by Gasteiger charge is -2.43. The van der Waals surface area contributed by atoms with E-state index in [9.17, 15) is 0 Å². The van der Waals surface area contributed by atoms with Crippen molar-refractivity contribution in [1.29, 1.82) is 0 Å². The molecule has 3 rings (SSSR count). The summed E-state index contributed by atoms with van der Waals surface area (Å²) in [5.74, 6) is 9.56. The number of rotatable bonds is 86. The van der Waals surface area contributed by atoms with Gasteiger partial charge in [0.1, 0.15) is 0 Å². The summed E-state index contributed by atoms with van der Waals surface area (Å²) in [6.45, 7) is 62.4. The summed E-state index contributed by atoms with van der Waals surface area (Å²) in [6, 6.07) is 0. The minimum Gasteiger partial charge on any atom is -0.0776 e. The van der Waals surface area contributed by atoms with Gasteiger partial charge in [0.15, 0.2) is 0 Å². The van der Waals surface area contributed by atoms with E-state index in [-0.39, 0.29) is 44.6 Å². The monoisotopic (exact) mass is 1960 g/mol. The molecule has 0 nitrogen and oxygen atoms in total. The first kappa shape index (κ1) is 163. The van der Waals surface area contributed by atoms with Crippen molar-refractivity contribution in [3.63, 3.8) is 0 Å². The van der Waals surface area contributed by atoms with Gasteiger partial charge in [0, 0.05) is 0 Å². The van der Waals surface area contributed by atoms with E-state index < -0.39 is 0 Å². The minimum absolute atomic E-state index is 0. The fourth-order valence-electron chi connectivity index (χ4n) is 24.1. The Labute approximate surface area is 892 Å². The maximum atomic E-state index is 2.56. The van der Waals surface area contributed by atoms with E-state index in [4.69, 9.17) is 0 Å². The van der Waals surface area contributed by atoms with Crippen LogP contribution in [-0.2, 0) is 0 Å². The normalized spacial score (nSPS) is 15.4. The lowest BCUT2D eigenvalue weighted by Crippen LogP contribution is -2.30. The van der Waals surface area contributed by atoms with Crippen LogP contribution in [0, 0.1) is 75.4 Å². The molecule has 3 fully saturated rings. The average Bonchev–Trinajstić information content (AvgIpc) is 0.828. The van der Waals surface area contributed by atoms with Crippen molar-refractivity contribution in [2.24, 2.45) is 75.4 Å². The highest BCUT2D eigenvalue weighted by Gasteiger charge is 2.39. The zero-order valence-electron chi connectivity index (χ0n) is 99.6. The highest BCUT2D eigenvalue weighted by molar-refractivity contribution is 4.91. The molecule has 0 N–H and O–H groups in total. The fourth-order valence-corrected chi connectivity index (χ4v) is 24.1. The van der Waals surface area contributed by atoms with Crippen molar-refractivity contribution in [1.82, 2.24) is 0 Å². The third-order valence-corrected chi connectivity index (χ3v) is 32.4. The van der Waals surface area contributed by atoms with Crippen LogP contribution in [0.3, 0.4) is 0 Å². The van der Waals surface area contributed by atoms with E-state index in [1.807, 2.05) is 83.1 Å². The predicted octanol–water partition coefficient (Wildman–Crippen LogP) is 54.9. The maximum Gasteiger partial charge on any atom is -0.0292 e. The van der Waals surface area contributed by atoms with Crippen LogP contribution in [0.25, 0.3) is 0 Å². The second-order valence-electron chi connectivity index (χ2n) is 45.9. The summed E-state index contributed by atoms with van der Waals surface area (Å²) in [5, 5.41) is 0. The summed E-state index contributed by atoms with van der Waals surface area (Å²) >= 11 is 0. The molecule has 3 saturated carbocycles. The van der Waals surface area contributed by atoms with Gasteiger partial charge in [-0.05, 0) is 152 Å². The quantitative estimate of drug-likeness (QED) is 0.0533. The molecule has 0 amide bonds. The van der Waals surface area contributed by atoms with Crippen LogP contribution >= 0.6 is 0 Å². The van der Waals surface area contributed by atoms with E-state index >= 15 is 0 Å². The van der Waals surface area contributed by atoms with Gasteiger partial charge < -0.3 is 0 Å². The van der Waals surface area contributed by atoms with Gasteiger partial charge in [-0.25, -0.2) is 0 Å². The first-order chi connectivity index (χ1) is 64.5. The molecule has 3 aliphatic carbocycles. The predicted molar refractivity (Wildman–Crippen MR) is 662 cm³/mol. The summed E-state index contributed by atoms with van der Waals surface area (Å²) in [5.41, 5.74) is 2.10. The standard InChI is InChI=1S/C46H92.C38H76.C36H72.6C2H6.6CH4/c1-5-9-13-17-21-23-27-32-38-44(36-30-25-19-15-11-7-3)42-46(40-34-29-35-41-46)43-45(37-31-26-20-16-12-8-4)39-33-28-24-22-18-14-10-6-2;1-5-9-13-17-19-24-30-36(28-22-15-11-7-3)34-38(32-26-21-27-33-38)35-37(29-23-16-12-8-4)31-25-20-18-14-10-6-2;1-30(2)16-12-18-32(5)20-14-22-34(7)24-28-36(26-10-9-11-27-36)29-25-35(8)23-15-21-33(6)19-13-17-31(3)4;6*1-2;;;;;;/h44-45H,5-43H2,1-4H3;36-37H,5-35H2,1-4H3;30-35H,9-29H2,1-8H3;6*1-2H3;6*1H4. The van der Waals surface area contributed by atoms with Crippen molar-refractivity contribution in [2.75, 3.05) is 0 Å². The SMILES string of the molecule is C.C.C.C.C.C.CC.CC.CC.CC.CC.CC.CC(C)CCCC(C)CCCC(C)CCC1(CCC(C)CCCC(C)CCCC(C)C)CCCCC1.CCCCCCCCC(CCCCCC)CC1(CC(CCCCCC)CCCCCCCC)CCCCC1.CCCCCCCCCCC(CCCCCCCC)CC1(CC(CCCCCCCC)CCCCCCCCCC)CCCCC1. The Morgan fingerprint density at radius 2 is 0.283 bits per heavy atom. The van der Waals surface area contributed by atoms with Gasteiger partial charge in [-0.15, -0.1) is 0 Å². The van der Waals surface area contributed by atoms with Gasteiger partial charge in [-0.2, -0.15) is 0 Å². The highest BCUT2D eigenvalue weighted by atomic mass is 14.4. The smallest absolute Gasteiger partial charge is 0.0292 e. The van der Waals surface area contributed by atoms with E-state index in [0.29, 0.717) is 16.2 Å². The first-order valence-corrected chi connectivity index (χ1v) is 64.5. The Kier molecular flexibility index (Phi) is 155. The van der Waals surface area contributed by atoms with Crippen molar-refractivity contribution in [3.05, 3.63) is 0 Å². The van der Waals surface area contributed by atoms with Crippen molar-refractivity contribution < 1.29 is 0 Å². The van der Waals surface area contributed by atoms with E-state index in [1.165, 1.54) is 494 Å². The zero-order valence-corrected chi connectivity index (χ0v) is 99.6. The zero-order chi connectivity index (χ0) is 99.6. The van der Waals surface area contributed by atoms with Gasteiger partial charge >= 0.3 is 0 Å². The number of unbranched alkanes of at least 4 members (excludes halogenated alkanes) is 40. The topological polar surface area (TPSA) is 0 Å². The number of hydrogen-bond donors (Lipinski definition) is 0. The molecule has 0 aromatic rings. The van der Waals surface area contributed by atoms with Crippen LogP contribution in [0.5, 0.6) is 0 Å². The lowest BCUT2D eigenvalue weighted by atomic mass is 9.63. The molecular weight excluding hydrogens is 1660 g/mol. The molecule has 0 spiro atoms. The molecule has 8 unspecified atom stereocenters. The van der Waals surface area contributed by atoms with Crippen molar-refractivity contribution >= 4 is 0 Å². The Bertz CT molecular complexity index is 1830. The summed E-state index contributed by atoms with van der Waals surface area (Å²) in [4.78, 5) is 0.